The van der Waals surface area contributed by atoms with E-state index in [4.69, 9.17) is 0 Å². The fourth-order valence-electron chi connectivity index (χ4n) is 7.36. The predicted molar refractivity (Wildman–Crippen MR) is 120 cm³/mol. The molecule has 0 amide bonds. The second-order valence-corrected chi connectivity index (χ2v) is 10.7. The van der Waals surface area contributed by atoms with Crippen molar-refractivity contribution in [2.45, 2.75) is 109 Å². The highest BCUT2D eigenvalue weighted by Crippen LogP contribution is 2.62. The fourth-order valence-corrected chi connectivity index (χ4v) is 7.36. The number of unbranched alkanes of at least 4 members (excludes halogenated alkanes) is 6. The third-order valence-corrected chi connectivity index (χ3v) is 9.01. The average molecular weight is 399 g/mol. The van der Waals surface area contributed by atoms with E-state index in [0.29, 0.717) is 23.5 Å². The first-order valence-corrected chi connectivity index (χ1v) is 12.5. The third-order valence-electron chi connectivity index (χ3n) is 9.01. The number of hydrogen-bond donors (Lipinski definition) is 2. The molecule has 1 aromatic carbocycles. The van der Waals surface area contributed by atoms with Crippen molar-refractivity contribution >= 4 is 0 Å². The van der Waals surface area contributed by atoms with Crippen LogP contribution in [-0.2, 0) is 6.42 Å². The lowest BCUT2D eigenvalue weighted by molar-refractivity contribution is -0.0335. The Morgan fingerprint density at radius 3 is 2.59 bits per heavy atom. The lowest BCUT2D eigenvalue weighted by Gasteiger charge is -2.50. The number of aryl methyl sites for hydroxylation is 1. The zero-order valence-electron chi connectivity index (χ0n) is 18.7. The summed E-state index contributed by atoms with van der Waals surface area (Å²) < 4.78 is 0. The van der Waals surface area contributed by atoms with E-state index >= 15 is 0 Å². The predicted octanol–water partition coefficient (Wildman–Crippen LogP) is 6.98. The Kier molecular flexibility index (Phi) is 6.59. The summed E-state index contributed by atoms with van der Waals surface area (Å²) in [5, 5.41) is 21.2. The number of aliphatic hydroxyl groups is 1. The van der Waals surface area contributed by atoms with E-state index < -0.39 is 0 Å². The molecular weight excluding hydrogens is 356 g/mol. The fraction of sp³-hybridized carbons (Fsp3) is 0.778. The Labute approximate surface area is 178 Å². The van der Waals surface area contributed by atoms with Crippen molar-refractivity contribution in [2.24, 2.45) is 23.2 Å². The van der Waals surface area contributed by atoms with Gasteiger partial charge in [0.15, 0.2) is 0 Å². The minimum atomic E-state index is -0.102. The molecule has 2 heteroatoms. The van der Waals surface area contributed by atoms with E-state index in [2.05, 4.69) is 19.9 Å². The first kappa shape index (κ1) is 21.2. The number of hydrogen-bond acceptors (Lipinski definition) is 2. The van der Waals surface area contributed by atoms with Gasteiger partial charge in [-0.2, -0.15) is 0 Å². The molecule has 0 radical (unpaired) electrons. The smallest absolute Gasteiger partial charge is 0.115 e. The molecule has 2 nitrogen and oxygen atoms in total. The number of rotatable bonds is 8. The van der Waals surface area contributed by atoms with Crippen molar-refractivity contribution in [1.29, 1.82) is 0 Å². The van der Waals surface area contributed by atoms with Crippen LogP contribution in [0, 0.1) is 23.2 Å². The van der Waals surface area contributed by atoms with E-state index in [1.165, 1.54) is 81.8 Å². The minimum Gasteiger partial charge on any atom is -0.508 e. The molecule has 2 fully saturated rings. The number of aliphatic hydroxyl groups excluding tert-OH is 1. The van der Waals surface area contributed by atoms with Crippen LogP contribution in [0.25, 0.3) is 0 Å². The second-order valence-electron chi connectivity index (χ2n) is 10.7. The Bertz CT molecular complexity index is 683. The van der Waals surface area contributed by atoms with Crippen LogP contribution in [-0.4, -0.2) is 16.3 Å². The van der Waals surface area contributed by atoms with Crippen molar-refractivity contribution in [2.75, 3.05) is 0 Å². The van der Waals surface area contributed by atoms with E-state index in [-0.39, 0.29) is 11.5 Å². The molecule has 0 aromatic heterocycles. The van der Waals surface area contributed by atoms with Crippen LogP contribution in [0.2, 0.25) is 0 Å². The highest BCUT2D eigenvalue weighted by molar-refractivity contribution is 5.40. The molecule has 3 aliphatic rings. The van der Waals surface area contributed by atoms with Crippen LogP contribution < -0.4 is 0 Å². The third kappa shape index (κ3) is 4.11. The largest absolute Gasteiger partial charge is 0.508 e. The van der Waals surface area contributed by atoms with Gasteiger partial charge in [-0.1, -0.05) is 64.9 Å². The highest BCUT2D eigenvalue weighted by Gasteiger charge is 2.57. The second kappa shape index (κ2) is 9.00. The van der Waals surface area contributed by atoms with Crippen molar-refractivity contribution in [3.8, 4) is 5.75 Å². The van der Waals surface area contributed by atoms with Crippen LogP contribution in [0.15, 0.2) is 18.2 Å². The molecule has 0 saturated heterocycles. The Morgan fingerprint density at radius 1 is 1.03 bits per heavy atom. The average Bonchev–Trinajstić information content (AvgIpc) is 2.97. The number of phenolic OH excluding ortho intramolecular Hbond substituents is 1. The highest BCUT2D eigenvalue weighted by atomic mass is 16.3. The number of fused-ring (bicyclic) bond motifs is 5. The molecule has 2 saturated carbocycles. The van der Waals surface area contributed by atoms with E-state index in [9.17, 15) is 10.2 Å². The molecule has 3 unspecified atom stereocenters. The maximum atomic E-state index is 11.3. The maximum absolute atomic E-state index is 11.3. The molecule has 3 aliphatic carbocycles. The Balaban J connectivity index is 1.37. The summed E-state index contributed by atoms with van der Waals surface area (Å²) in [7, 11) is 0. The summed E-state index contributed by atoms with van der Waals surface area (Å²) in [6.45, 7) is 4.68. The van der Waals surface area contributed by atoms with Crippen LogP contribution in [0.3, 0.4) is 0 Å². The van der Waals surface area contributed by atoms with Gasteiger partial charge in [0.25, 0.3) is 0 Å². The molecular formula is C27H42O2. The number of aromatic hydroxyl groups is 1. The molecule has 162 valence electrons. The quantitative estimate of drug-likeness (QED) is 0.464. The van der Waals surface area contributed by atoms with Gasteiger partial charge in [0.05, 0.1) is 6.10 Å². The maximum Gasteiger partial charge on any atom is 0.115 e. The monoisotopic (exact) mass is 398 g/mol. The summed E-state index contributed by atoms with van der Waals surface area (Å²) in [6.07, 6.45) is 16.6. The summed E-state index contributed by atoms with van der Waals surface area (Å²) in [4.78, 5) is 0. The van der Waals surface area contributed by atoms with Gasteiger partial charge in [0.2, 0.25) is 0 Å². The Morgan fingerprint density at radius 2 is 1.79 bits per heavy atom. The van der Waals surface area contributed by atoms with Gasteiger partial charge in [-0.15, -0.1) is 0 Å². The topological polar surface area (TPSA) is 40.5 Å². The van der Waals surface area contributed by atoms with Gasteiger partial charge < -0.3 is 10.2 Å². The van der Waals surface area contributed by atoms with Gasteiger partial charge in [-0.05, 0) is 90.9 Å². The van der Waals surface area contributed by atoms with Crippen molar-refractivity contribution in [1.82, 2.24) is 0 Å². The summed E-state index contributed by atoms with van der Waals surface area (Å²) in [5.41, 5.74) is 2.99. The molecule has 0 spiro atoms. The molecule has 0 heterocycles. The van der Waals surface area contributed by atoms with Crippen LogP contribution in [0.5, 0.6) is 5.75 Å². The minimum absolute atomic E-state index is 0.102. The molecule has 0 aliphatic heterocycles. The van der Waals surface area contributed by atoms with Gasteiger partial charge in [-0.25, -0.2) is 0 Å². The lowest BCUT2D eigenvalue weighted by atomic mass is 9.55. The molecule has 6 atom stereocenters. The van der Waals surface area contributed by atoms with Crippen LogP contribution in [0.4, 0.5) is 0 Å². The number of phenols is 1. The van der Waals surface area contributed by atoms with Gasteiger partial charge in [0, 0.05) is 0 Å². The summed E-state index contributed by atoms with van der Waals surface area (Å²) >= 11 is 0. The van der Waals surface area contributed by atoms with Crippen LogP contribution >= 0.6 is 0 Å². The van der Waals surface area contributed by atoms with Gasteiger partial charge >= 0.3 is 0 Å². The molecule has 1 aromatic rings. The van der Waals surface area contributed by atoms with Crippen molar-refractivity contribution < 1.29 is 10.2 Å². The number of benzene rings is 1. The molecule has 4 rings (SSSR count). The van der Waals surface area contributed by atoms with Crippen LogP contribution in [0.1, 0.15) is 108 Å². The standard InChI is InChI=1S/C27H42O2/c1-3-4-5-6-7-8-9-10-20-18-25-24-13-11-19-17-21(28)12-14-22(19)23(24)15-16-27(25,2)26(20)29/h12,14,17,20,23-26,28-29H,3-11,13,15-16,18H2,1-2H3/t20-,23?,24?,25?,26-,27-/m0/s1. The van der Waals surface area contributed by atoms with Crippen molar-refractivity contribution in [3.05, 3.63) is 29.3 Å². The van der Waals surface area contributed by atoms with E-state index in [1.54, 1.807) is 0 Å². The molecule has 0 bridgehead atoms. The summed E-state index contributed by atoms with van der Waals surface area (Å²) in [5.74, 6) is 2.96. The van der Waals surface area contributed by atoms with Gasteiger partial charge in [-0.3, -0.25) is 0 Å². The van der Waals surface area contributed by atoms with Gasteiger partial charge in [0.1, 0.15) is 5.75 Å². The SMILES string of the molecule is CCCCCCCCC[C@H]1CC2C3CCc4cc(O)ccc4C3CC[C@]2(C)[C@H]1O. The zero-order chi connectivity index (χ0) is 20.4. The normalized spacial score (nSPS) is 35.8. The lowest BCUT2D eigenvalue weighted by Crippen LogP contribution is -2.44. The zero-order valence-corrected chi connectivity index (χ0v) is 18.7. The molecule has 29 heavy (non-hydrogen) atoms. The molecule has 2 N–H and O–H groups in total. The van der Waals surface area contributed by atoms with E-state index in [0.717, 1.165) is 18.8 Å². The van der Waals surface area contributed by atoms with E-state index in [1.807, 2.05) is 12.1 Å². The summed E-state index contributed by atoms with van der Waals surface area (Å²) in [6, 6.07) is 6.06. The first-order valence-electron chi connectivity index (χ1n) is 12.5. The Hall–Kier alpha value is -1.02. The first-order chi connectivity index (χ1) is 14.0. The van der Waals surface area contributed by atoms with Crippen molar-refractivity contribution in [3.63, 3.8) is 0 Å².